The first-order chi connectivity index (χ1) is 7.63. The van der Waals surface area contributed by atoms with Crippen LogP contribution < -0.4 is 0 Å². The minimum absolute atomic E-state index is 0.258. The summed E-state index contributed by atoms with van der Waals surface area (Å²) >= 11 is 5.09. The van der Waals surface area contributed by atoms with Crippen LogP contribution in [0, 0.1) is 5.82 Å². The number of aliphatic hydroxyl groups is 1. The van der Waals surface area contributed by atoms with Gasteiger partial charge in [0.25, 0.3) is 0 Å². The molecule has 0 aliphatic carbocycles. The van der Waals surface area contributed by atoms with Gasteiger partial charge in [-0.1, -0.05) is 22.9 Å². The maximum absolute atomic E-state index is 13.0. The molecular weight excluding hydrogens is 291 g/mol. The minimum Gasteiger partial charge on any atom is -0.392 e. The highest BCUT2D eigenvalue weighted by Gasteiger charge is 2.09. The number of benzene rings is 1. The van der Waals surface area contributed by atoms with Gasteiger partial charge in [0.2, 0.25) is 0 Å². The van der Waals surface area contributed by atoms with Gasteiger partial charge in [-0.15, -0.1) is 0 Å². The molecule has 0 bridgehead atoms. The van der Waals surface area contributed by atoms with Gasteiger partial charge in [-0.25, -0.2) is 4.39 Å². The average molecular weight is 307 g/mol. The Kier molecular flexibility index (Phi) is 6.39. The van der Waals surface area contributed by atoms with Crippen LogP contribution in [0.4, 0.5) is 4.39 Å². The van der Waals surface area contributed by atoms with E-state index in [9.17, 15) is 9.50 Å². The molecule has 16 heavy (non-hydrogen) atoms. The molecule has 1 rings (SSSR count). The lowest BCUT2D eigenvalue weighted by Gasteiger charge is -2.11. The molecule has 90 valence electrons. The lowest BCUT2D eigenvalue weighted by atomic mass is 10.1. The zero-order chi connectivity index (χ0) is 12.0. The molecule has 0 aromatic heterocycles. The van der Waals surface area contributed by atoms with Crippen LogP contribution in [0.15, 0.2) is 22.7 Å². The van der Waals surface area contributed by atoms with Crippen molar-refractivity contribution >= 4 is 27.7 Å². The number of hydrogen-bond acceptors (Lipinski definition) is 2. The molecule has 0 aliphatic heterocycles. The first-order valence-corrected chi connectivity index (χ1v) is 7.28. The monoisotopic (exact) mass is 306 g/mol. The van der Waals surface area contributed by atoms with Gasteiger partial charge >= 0.3 is 0 Å². The largest absolute Gasteiger partial charge is 0.392 e. The van der Waals surface area contributed by atoms with Crippen molar-refractivity contribution in [3.05, 3.63) is 34.1 Å². The van der Waals surface area contributed by atoms with Gasteiger partial charge in [0.05, 0.1) is 6.10 Å². The van der Waals surface area contributed by atoms with Crippen LogP contribution in [-0.2, 0) is 6.42 Å². The van der Waals surface area contributed by atoms with Crippen molar-refractivity contribution in [2.45, 2.75) is 25.9 Å². The number of halogens is 2. The highest BCUT2D eigenvalue weighted by atomic mass is 79.9. The summed E-state index contributed by atoms with van der Waals surface area (Å²) < 4.78 is 13.9. The fourth-order valence-electron chi connectivity index (χ4n) is 1.38. The van der Waals surface area contributed by atoms with Crippen molar-refractivity contribution in [1.29, 1.82) is 0 Å². The average Bonchev–Trinajstić information content (AvgIpc) is 2.24. The molecule has 0 saturated heterocycles. The topological polar surface area (TPSA) is 20.2 Å². The molecule has 1 aromatic carbocycles. The predicted molar refractivity (Wildman–Crippen MR) is 71.4 cm³/mol. The molecule has 1 N–H and O–H groups in total. The van der Waals surface area contributed by atoms with Gasteiger partial charge in [0, 0.05) is 16.6 Å². The lowest BCUT2D eigenvalue weighted by molar-refractivity contribution is 0.200. The molecule has 1 unspecified atom stereocenters. The maximum Gasteiger partial charge on any atom is 0.123 e. The van der Waals surface area contributed by atoms with Crippen molar-refractivity contribution in [2.24, 2.45) is 0 Å². The maximum atomic E-state index is 13.0. The molecule has 0 aliphatic rings. The second-order valence-corrected chi connectivity index (χ2v) is 5.67. The fourth-order valence-corrected chi connectivity index (χ4v) is 2.63. The van der Waals surface area contributed by atoms with Gasteiger partial charge in [-0.2, -0.15) is 11.8 Å². The summed E-state index contributed by atoms with van der Waals surface area (Å²) in [5.41, 5.74) is 0.824. The van der Waals surface area contributed by atoms with E-state index in [2.05, 4.69) is 22.9 Å². The smallest absolute Gasteiger partial charge is 0.123 e. The SMILES string of the molecule is CCCSCC(O)Cc1cc(F)ccc1Br. The number of rotatable bonds is 6. The first-order valence-electron chi connectivity index (χ1n) is 5.33. The van der Waals surface area contributed by atoms with E-state index in [1.165, 1.54) is 12.1 Å². The summed E-state index contributed by atoms with van der Waals surface area (Å²) in [7, 11) is 0. The Labute approximate surface area is 109 Å². The van der Waals surface area contributed by atoms with E-state index in [1.807, 2.05) is 0 Å². The van der Waals surface area contributed by atoms with Gasteiger partial charge in [-0.05, 0) is 35.9 Å². The Morgan fingerprint density at radius 3 is 2.94 bits per heavy atom. The first kappa shape index (κ1) is 14.0. The van der Waals surface area contributed by atoms with Gasteiger partial charge in [0.15, 0.2) is 0 Å². The van der Waals surface area contributed by atoms with Crippen molar-refractivity contribution in [3.8, 4) is 0 Å². The molecule has 1 nitrogen and oxygen atoms in total. The molecule has 0 fully saturated rings. The number of thioether (sulfide) groups is 1. The van der Waals surface area contributed by atoms with Gasteiger partial charge in [0.1, 0.15) is 5.82 Å². The Bertz CT molecular complexity index is 333. The molecule has 1 aromatic rings. The quantitative estimate of drug-likeness (QED) is 0.810. The van der Waals surface area contributed by atoms with E-state index in [-0.39, 0.29) is 5.82 Å². The van der Waals surface area contributed by atoms with Crippen LogP contribution >= 0.6 is 27.7 Å². The van der Waals surface area contributed by atoms with Crippen LogP contribution in [0.2, 0.25) is 0 Å². The summed E-state index contributed by atoms with van der Waals surface area (Å²) in [4.78, 5) is 0. The Hall–Kier alpha value is -0.0600. The molecule has 0 radical (unpaired) electrons. The zero-order valence-electron chi connectivity index (χ0n) is 9.25. The minimum atomic E-state index is -0.408. The van der Waals surface area contributed by atoms with Crippen molar-refractivity contribution < 1.29 is 9.50 Å². The van der Waals surface area contributed by atoms with Crippen molar-refractivity contribution in [2.75, 3.05) is 11.5 Å². The highest BCUT2D eigenvalue weighted by molar-refractivity contribution is 9.10. The Morgan fingerprint density at radius 1 is 1.50 bits per heavy atom. The van der Waals surface area contributed by atoms with E-state index >= 15 is 0 Å². The number of aliphatic hydroxyl groups excluding tert-OH is 1. The summed E-state index contributed by atoms with van der Waals surface area (Å²) in [6.07, 6.45) is 1.20. The standard InChI is InChI=1S/C12H16BrFOS/c1-2-5-16-8-11(15)7-9-6-10(14)3-4-12(9)13/h3-4,6,11,15H,2,5,7-8H2,1H3. The Morgan fingerprint density at radius 2 is 2.25 bits per heavy atom. The molecule has 1 atom stereocenters. The molecule has 0 spiro atoms. The molecule has 0 heterocycles. The second kappa shape index (κ2) is 7.30. The summed E-state index contributed by atoms with van der Waals surface area (Å²) in [5, 5.41) is 9.78. The van der Waals surface area contributed by atoms with Crippen LogP contribution in [-0.4, -0.2) is 22.7 Å². The van der Waals surface area contributed by atoms with E-state index in [1.54, 1.807) is 17.8 Å². The molecule has 0 amide bonds. The third-order valence-corrected chi connectivity index (χ3v) is 4.21. The van der Waals surface area contributed by atoms with Crippen molar-refractivity contribution in [1.82, 2.24) is 0 Å². The van der Waals surface area contributed by atoms with Crippen LogP contribution in [0.3, 0.4) is 0 Å². The zero-order valence-corrected chi connectivity index (χ0v) is 11.7. The predicted octanol–water partition coefficient (Wildman–Crippen LogP) is 3.63. The lowest BCUT2D eigenvalue weighted by Crippen LogP contribution is -2.14. The van der Waals surface area contributed by atoms with E-state index < -0.39 is 6.10 Å². The summed E-state index contributed by atoms with van der Waals surface area (Å²) in [6.45, 7) is 2.11. The third-order valence-electron chi connectivity index (χ3n) is 2.12. The van der Waals surface area contributed by atoms with E-state index in [0.29, 0.717) is 12.2 Å². The van der Waals surface area contributed by atoms with E-state index in [4.69, 9.17) is 0 Å². The third kappa shape index (κ3) is 4.85. The highest BCUT2D eigenvalue weighted by Crippen LogP contribution is 2.20. The summed E-state index contributed by atoms with van der Waals surface area (Å²) in [5.74, 6) is 1.50. The van der Waals surface area contributed by atoms with Crippen molar-refractivity contribution in [3.63, 3.8) is 0 Å². The number of hydrogen-bond donors (Lipinski definition) is 1. The Balaban J connectivity index is 2.48. The van der Waals surface area contributed by atoms with E-state index in [0.717, 1.165) is 22.2 Å². The normalized spacial score (nSPS) is 12.8. The van der Waals surface area contributed by atoms with Crippen LogP contribution in [0.1, 0.15) is 18.9 Å². The molecule has 0 saturated carbocycles. The fraction of sp³-hybridized carbons (Fsp3) is 0.500. The van der Waals surface area contributed by atoms with Crippen LogP contribution in [0.25, 0.3) is 0 Å². The molecular formula is C12H16BrFOS. The van der Waals surface area contributed by atoms with Gasteiger partial charge < -0.3 is 5.11 Å². The second-order valence-electron chi connectivity index (χ2n) is 3.67. The summed E-state index contributed by atoms with van der Waals surface area (Å²) in [6, 6.07) is 4.56. The van der Waals surface area contributed by atoms with Crippen LogP contribution in [0.5, 0.6) is 0 Å². The van der Waals surface area contributed by atoms with Gasteiger partial charge in [-0.3, -0.25) is 0 Å². The molecule has 4 heteroatoms.